The van der Waals surface area contributed by atoms with Crippen molar-refractivity contribution in [2.45, 2.75) is 45.6 Å². The molecule has 7 nitrogen and oxygen atoms in total. The molecule has 0 aliphatic carbocycles. The average Bonchev–Trinajstić information content (AvgIpc) is 3.22. The van der Waals surface area contributed by atoms with E-state index < -0.39 is 0 Å². The molecule has 2 aliphatic rings. The van der Waals surface area contributed by atoms with Gasteiger partial charge in [-0.15, -0.1) is 0 Å². The maximum Gasteiger partial charge on any atom is 0.227 e. The van der Waals surface area contributed by atoms with Gasteiger partial charge in [0.1, 0.15) is 5.82 Å². The Morgan fingerprint density at radius 1 is 0.885 bits per heavy atom. The molecule has 2 fully saturated rings. The van der Waals surface area contributed by atoms with Crippen LogP contribution in [0.5, 0.6) is 0 Å². The van der Waals surface area contributed by atoms with E-state index in [2.05, 4.69) is 30.1 Å². The van der Waals surface area contributed by atoms with E-state index in [1.165, 1.54) is 32.1 Å². The number of hydrogen-bond acceptors (Lipinski definition) is 7. The summed E-state index contributed by atoms with van der Waals surface area (Å²) in [6.45, 7) is 6.88. The normalized spacial score (nSPS) is 17.6. The predicted molar refractivity (Wildman–Crippen MR) is 104 cm³/mol. The first-order chi connectivity index (χ1) is 12.8. The molecule has 0 amide bonds. The number of anilines is 3. The van der Waals surface area contributed by atoms with E-state index in [0.717, 1.165) is 55.3 Å². The van der Waals surface area contributed by atoms with Crippen molar-refractivity contribution in [3.63, 3.8) is 0 Å². The van der Waals surface area contributed by atoms with Gasteiger partial charge in [0.05, 0.1) is 12.2 Å². The van der Waals surface area contributed by atoms with Crippen LogP contribution in [0, 0.1) is 6.92 Å². The molecule has 0 aromatic carbocycles. The quantitative estimate of drug-likeness (QED) is 0.886. The Morgan fingerprint density at radius 3 is 2.35 bits per heavy atom. The Labute approximate surface area is 154 Å². The first kappa shape index (κ1) is 17.0. The van der Waals surface area contributed by atoms with Gasteiger partial charge in [0.2, 0.25) is 11.9 Å². The van der Waals surface area contributed by atoms with Gasteiger partial charge >= 0.3 is 0 Å². The third-order valence-corrected chi connectivity index (χ3v) is 5.02. The third-order valence-electron chi connectivity index (χ3n) is 5.02. The molecule has 4 rings (SSSR count). The molecule has 7 heteroatoms. The zero-order valence-corrected chi connectivity index (χ0v) is 15.5. The summed E-state index contributed by atoms with van der Waals surface area (Å²) in [5.41, 5.74) is 2.01. The number of nitrogens with zero attached hydrogens (tertiary/aromatic N) is 6. The Morgan fingerprint density at radius 2 is 1.58 bits per heavy atom. The standard InChI is InChI=1S/C19H27N7/c1-15-13-16(23-19(22-15)26-11-5-6-12-26)14-21-17-7-8-20-18(24-17)25-9-3-2-4-10-25/h7-8,13H,2-6,9-12,14H2,1H3,(H,20,21,24). The maximum absolute atomic E-state index is 4.74. The Balaban J connectivity index is 1.43. The van der Waals surface area contributed by atoms with Crippen molar-refractivity contribution in [1.29, 1.82) is 0 Å². The molecular formula is C19H27N7. The van der Waals surface area contributed by atoms with E-state index in [0.29, 0.717) is 6.54 Å². The number of aromatic nitrogens is 4. The van der Waals surface area contributed by atoms with Crippen LogP contribution in [0.15, 0.2) is 18.3 Å². The summed E-state index contributed by atoms with van der Waals surface area (Å²) in [6.07, 6.45) is 8.04. The summed E-state index contributed by atoms with van der Waals surface area (Å²) in [7, 11) is 0. The van der Waals surface area contributed by atoms with Crippen molar-refractivity contribution in [2.75, 3.05) is 41.3 Å². The van der Waals surface area contributed by atoms with Gasteiger partial charge < -0.3 is 15.1 Å². The van der Waals surface area contributed by atoms with Crippen LogP contribution in [-0.4, -0.2) is 46.1 Å². The lowest BCUT2D eigenvalue weighted by molar-refractivity contribution is 0.568. The van der Waals surface area contributed by atoms with Crippen molar-refractivity contribution in [3.8, 4) is 0 Å². The highest BCUT2D eigenvalue weighted by Gasteiger charge is 2.16. The van der Waals surface area contributed by atoms with Crippen LogP contribution in [0.3, 0.4) is 0 Å². The minimum Gasteiger partial charge on any atom is -0.364 e. The lowest BCUT2D eigenvalue weighted by atomic mass is 10.1. The first-order valence-corrected chi connectivity index (χ1v) is 9.69. The average molecular weight is 353 g/mol. The van der Waals surface area contributed by atoms with Crippen LogP contribution in [0.2, 0.25) is 0 Å². The van der Waals surface area contributed by atoms with Crippen LogP contribution in [0.1, 0.15) is 43.5 Å². The van der Waals surface area contributed by atoms with Crippen molar-refractivity contribution in [3.05, 3.63) is 29.7 Å². The van der Waals surface area contributed by atoms with Crippen molar-refractivity contribution in [2.24, 2.45) is 0 Å². The monoisotopic (exact) mass is 353 g/mol. The highest BCUT2D eigenvalue weighted by atomic mass is 15.3. The van der Waals surface area contributed by atoms with Crippen molar-refractivity contribution >= 4 is 17.7 Å². The zero-order valence-electron chi connectivity index (χ0n) is 15.5. The Hall–Kier alpha value is -2.44. The van der Waals surface area contributed by atoms with E-state index in [1.54, 1.807) is 0 Å². The molecule has 0 bridgehead atoms. The van der Waals surface area contributed by atoms with Crippen LogP contribution >= 0.6 is 0 Å². The molecule has 2 aromatic rings. The molecule has 0 unspecified atom stereocenters. The lowest BCUT2D eigenvalue weighted by Crippen LogP contribution is -2.31. The van der Waals surface area contributed by atoms with Crippen LogP contribution < -0.4 is 15.1 Å². The third kappa shape index (κ3) is 4.03. The molecule has 0 saturated carbocycles. The molecule has 2 aromatic heterocycles. The van der Waals surface area contributed by atoms with Crippen molar-refractivity contribution < 1.29 is 0 Å². The molecule has 0 radical (unpaired) electrons. The van der Waals surface area contributed by atoms with Gasteiger partial charge in [0.25, 0.3) is 0 Å². The smallest absolute Gasteiger partial charge is 0.227 e. The van der Waals surface area contributed by atoms with Gasteiger partial charge in [0, 0.05) is 38.1 Å². The van der Waals surface area contributed by atoms with E-state index in [9.17, 15) is 0 Å². The van der Waals surface area contributed by atoms with Crippen LogP contribution in [-0.2, 0) is 6.54 Å². The molecule has 0 atom stereocenters. The van der Waals surface area contributed by atoms with Gasteiger partial charge in [-0.25, -0.2) is 15.0 Å². The largest absolute Gasteiger partial charge is 0.364 e. The fourth-order valence-electron chi connectivity index (χ4n) is 3.64. The summed E-state index contributed by atoms with van der Waals surface area (Å²) < 4.78 is 0. The number of piperidine rings is 1. The molecule has 2 saturated heterocycles. The molecule has 1 N–H and O–H groups in total. The van der Waals surface area contributed by atoms with Crippen molar-refractivity contribution in [1.82, 2.24) is 19.9 Å². The van der Waals surface area contributed by atoms with Gasteiger partial charge in [-0.05, 0) is 51.2 Å². The molecule has 26 heavy (non-hydrogen) atoms. The lowest BCUT2D eigenvalue weighted by Gasteiger charge is -2.26. The van der Waals surface area contributed by atoms with E-state index >= 15 is 0 Å². The van der Waals surface area contributed by atoms with Gasteiger partial charge in [-0.3, -0.25) is 0 Å². The molecule has 0 spiro atoms. The highest BCUT2D eigenvalue weighted by Crippen LogP contribution is 2.19. The summed E-state index contributed by atoms with van der Waals surface area (Å²) in [5.74, 6) is 2.53. The second-order valence-electron chi connectivity index (χ2n) is 7.14. The summed E-state index contributed by atoms with van der Waals surface area (Å²) >= 11 is 0. The summed E-state index contributed by atoms with van der Waals surface area (Å²) in [4.78, 5) is 23.0. The van der Waals surface area contributed by atoms with E-state index in [1.807, 2.05) is 25.3 Å². The predicted octanol–water partition coefficient (Wildman–Crippen LogP) is 2.78. The number of hydrogen-bond donors (Lipinski definition) is 1. The van der Waals surface area contributed by atoms with Gasteiger partial charge in [-0.1, -0.05) is 0 Å². The van der Waals surface area contributed by atoms with Gasteiger partial charge in [0.15, 0.2) is 0 Å². The number of nitrogens with one attached hydrogen (secondary N) is 1. The highest BCUT2D eigenvalue weighted by molar-refractivity contribution is 5.42. The van der Waals surface area contributed by atoms with Crippen LogP contribution in [0.4, 0.5) is 17.7 Å². The fraction of sp³-hybridized carbons (Fsp3) is 0.579. The second kappa shape index (κ2) is 7.85. The fourth-order valence-corrected chi connectivity index (χ4v) is 3.64. The number of aryl methyl sites for hydroxylation is 1. The first-order valence-electron chi connectivity index (χ1n) is 9.69. The molecular weight excluding hydrogens is 326 g/mol. The molecule has 2 aliphatic heterocycles. The molecule has 4 heterocycles. The van der Waals surface area contributed by atoms with E-state index in [-0.39, 0.29) is 0 Å². The van der Waals surface area contributed by atoms with E-state index in [4.69, 9.17) is 4.98 Å². The second-order valence-corrected chi connectivity index (χ2v) is 7.14. The Kier molecular flexibility index (Phi) is 5.13. The minimum absolute atomic E-state index is 0.640. The zero-order chi connectivity index (χ0) is 17.8. The summed E-state index contributed by atoms with van der Waals surface area (Å²) in [5, 5.41) is 3.40. The van der Waals surface area contributed by atoms with Gasteiger partial charge in [-0.2, -0.15) is 4.98 Å². The Bertz CT molecular complexity index is 736. The topological polar surface area (TPSA) is 70.1 Å². The maximum atomic E-state index is 4.74. The van der Waals surface area contributed by atoms with Crippen LogP contribution in [0.25, 0.3) is 0 Å². The number of rotatable bonds is 5. The molecule has 138 valence electrons. The summed E-state index contributed by atoms with van der Waals surface area (Å²) in [6, 6.07) is 3.96. The SMILES string of the molecule is Cc1cc(CNc2ccnc(N3CCCCC3)n2)nc(N2CCCC2)n1. The minimum atomic E-state index is 0.640.